The van der Waals surface area contributed by atoms with Crippen LogP contribution in [0, 0.1) is 5.41 Å². The monoisotopic (exact) mass is 402 g/mol. The van der Waals surface area contributed by atoms with Crippen LogP contribution in [-0.4, -0.2) is 49.1 Å². The van der Waals surface area contributed by atoms with Crippen LogP contribution in [0.1, 0.15) is 0 Å². The van der Waals surface area contributed by atoms with Crippen LogP contribution in [0.4, 0.5) is 0 Å². The van der Waals surface area contributed by atoms with Crippen LogP contribution >= 0.6 is 23.2 Å². The third kappa shape index (κ3) is 3.75. The van der Waals surface area contributed by atoms with Crippen molar-refractivity contribution in [2.75, 3.05) is 26.3 Å². The molecular weight excluding hydrogens is 387 g/mol. The third-order valence-corrected chi connectivity index (χ3v) is 6.56. The second-order valence-corrected chi connectivity index (χ2v) is 8.73. The van der Waals surface area contributed by atoms with Gasteiger partial charge in [-0.15, -0.1) is 0 Å². The van der Waals surface area contributed by atoms with E-state index in [0.29, 0.717) is 10.8 Å². The lowest BCUT2D eigenvalue weighted by Gasteiger charge is -2.47. The molecule has 2 aromatic rings. The fourth-order valence-corrected chi connectivity index (χ4v) is 5.01. The van der Waals surface area contributed by atoms with Gasteiger partial charge < -0.3 is 9.84 Å². The number of ether oxygens (including phenoxy) is 1. The molecule has 1 fully saturated rings. The van der Waals surface area contributed by atoms with Gasteiger partial charge in [0.2, 0.25) is 10.0 Å². The van der Waals surface area contributed by atoms with E-state index in [9.17, 15) is 13.5 Å². The number of benzene rings is 1. The largest absolute Gasteiger partial charge is 0.491 e. The van der Waals surface area contributed by atoms with Crippen molar-refractivity contribution in [1.29, 1.82) is 0 Å². The van der Waals surface area contributed by atoms with Gasteiger partial charge in [-0.1, -0.05) is 23.2 Å². The molecule has 0 aliphatic carbocycles. The number of rotatable bonds is 6. The molecule has 3 rings (SSSR count). The van der Waals surface area contributed by atoms with Gasteiger partial charge in [0.15, 0.2) is 0 Å². The molecule has 1 N–H and O–H groups in total. The number of halogens is 2. The van der Waals surface area contributed by atoms with Crippen molar-refractivity contribution in [3.05, 3.63) is 52.8 Å². The number of hydrogen-bond acceptors (Lipinski definition) is 5. The highest BCUT2D eigenvalue weighted by Crippen LogP contribution is 2.37. The fourth-order valence-electron chi connectivity index (χ4n) is 2.60. The lowest BCUT2D eigenvalue weighted by molar-refractivity contribution is -0.0273. The summed E-state index contributed by atoms with van der Waals surface area (Å²) >= 11 is 11.8. The molecule has 0 spiro atoms. The molecule has 25 heavy (non-hydrogen) atoms. The van der Waals surface area contributed by atoms with E-state index < -0.39 is 15.4 Å². The first kappa shape index (κ1) is 18.4. The van der Waals surface area contributed by atoms with Gasteiger partial charge in [-0.3, -0.25) is 4.98 Å². The Kier molecular flexibility index (Phi) is 5.22. The molecule has 1 aromatic heterocycles. The summed E-state index contributed by atoms with van der Waals surface area (Å²) < 4.78 is 32.3. The average Bonchev–Trinajstić information content (AvgIpc) is 2.54. The predicted molar refractivity (Wildman–Crippen MR) is 94.5 cm³/mol. The first-order chi connectivity index (χ1) is 11.9. The van der Waals surface area contributed by atoms with Crippen molar-refractivity contribution < 1.29 is 18.3 Å². The lowest BCUT2D eigenvalue weighted by Crippen LogP contribution is -2.62. The van der Waals surface area contributed by atoms with E-state index in [-0.39, 0.29) is 36.2 Å². The molecule has 0 unspecified atom stereocenters. The summed E-state index contributed by atoms with van der Waals surface area (Å²) in [5, 5.41) is 10.1. The summed E-state index contributed by atoms with van der Waals surface area (Å²) in [6, 6.07) is 7.73. The van der Waals surface area contributed by atoms with Crippen molar-refractivity contribution >= 4 is 33.2 Å². The predicted octanol–water partition coefficient (Wildman–Crippen LogP) is 2.45. The second-order valence-electron chi connectivity index (χ2n) is 5.98. The van der Waals surface area contributed by atoms with Gasteiger partial charge in [-0.2, -0.15) is 4.31 Å². The normalized spacial score (nSPS) is 17.1. The molecule has 134 valence electrons. The van der Waals surface area contributed by atoms with E-state index in [1.54, 1.807) is 24.5 Å². The number of hydrogen-bond donors (Lipinski definition) is 1. The minimum atomic E-state index is -3.75. The van der Waals surface area contributed by atoms with Gasteiger partial charge in [-0.05, 0) is 30.3 Å². The molecular formula is C16H16Cl2N2O4S. The molecule has 0 bridgehead atoms. The summed E-state index contributed by atoms with van der Waals surface area (Å²) in [5.74, 6) is 0.567. The minimum absolute atomic E-state index is 0.00159. The first-order valence-electron chi connectivity index (χ1n) is 7.45. The number of pyridine rings is 1. The molecule has 0 saturated carbocycles. The van der Waals surface area contributed by atoms with Gasteiger partial charge >= 0.3 is 0 Å². The number of aliphatic hydroxyl groups excluding tert-OH is 1. The van der Waals surface area contributed by atoms with Gasteiger partial charge in [0.1, 0.15) is 10.6 Å². The minimum Gasteiger partial charge on any atom is -0.491 e. The zero-order valence-corrected chi connectivity index (χ0v) is 15.4. The Hall–Kier alpha value is -1.38. The summed E-state index contributed by atoms with van der Waals surface area (Å²) in [6.45, 7) is 0.291. The maximum Gasteiger partial charge on any atom is 0.244 e. The van der Waals surface area contributed by atoms with Crippen molar-refractivity contribution in [2.45, 2.75) is 4.90 Å². The van der Waals surface area contributed by atoms with Crippen LogP contribution in [0.5, 0.6) is 5.75 Å². The molecule has 9 heteroatoms. The maximum atomic E-state index is 12.7. The average molecular weight is 403 g/mol. The van der Waals surface area contributed by atoms with Crippen molar-refractivity contribution in [3.63, 3.8) is 0 Å². The highest BCUT2D eigenvalue weighted by atomic mass is 35.5. The van der Waals surface area contributed by atoms with Gasteiger partial charge in [0, 0.05) is 24.3 Å². The summed E-state index contributed by atoms with van der Waals surface area (Å²) in [5.41, 5.74) is -0.651. The zero-order chi connectivity index (χ0) is 18.1. The molecule has 0 atom stereocenters. The number of sulfonamides is 1. The van der Waals surface area contributed by atoms with Crippen molar-refractivity contribution in [1.82, 2.24) is 9.29 Å². The van der Waals surface area contributed by atoms with E-state index in [0.717, 1.165) is 0 Å². The summed E-state index contributed by atoms with van der Waals surface area (Å²) in [7, 11) is -3.75. The Labute approximate surface area is 156 Å². The standard InChI is InChI=1S/C16H16Cl2N2O4S/c17-12-3-4-15(14(18)6-12)25(22,23)20-8-16(9-20,10-21)11-24-13-2-1-5-19-7-13/h1-7,21H,8-11H2. The lowest BCUT2D eigenvalue weighted by atomic mass is 9.83. The second kappa shape index (κ2) is 7.09. The van der Waals surface area contributed by atoms with E-state index in [4.69, 9.17) is 27.9 Å². The molecule has 0 radical (unpaired) electrons. The number of aromatic nitrogens is 1. The van der Waals surface area contributed by atoms with Crippen LogP contribution in [0.3, 0.4) is 0 Å². The first-order valence-corrected chi connectivity index (χ1v) is 9.65. The SMILES string of the molecule is O=S(=O)(c1ccc(Cl)cc1Cl)N1CC(CO)(COc2cccnc2)C1. The molecule has 1 aromatic carbocycles. The topological polar surface area (TPSA) is 79.7 Å². The van der Waals surface area contributed by atoms with Crippen LogP contribution in [0.15, 0.2) is 47.6 Å². The smallest absolute Gasteiger partial charge is 0.244 e. The van der Waals surface area contributed by atoms with Crippen LogP contribution in [0.2, 0.25) is 10.0 Å². The van der Waals surface area contributed by atoms with Gasteiger partial charge in [0.05, 0.1) is 29.8 Å². The number of aliphatic hydroxyl groups is 1. The molecule has 2 heterocycles. The van der Waals surface area contributed by atoms with Gasteiger partial charge in [0.25, 0.3) is 0 Å². The Balaban J connectivity index is 1.70. The third-order valence-electron chi connectivity index (χ3n) is 4.05. The summed E-state index contributed by atoms with van der Waals surface area (Å²) in [6.07, 6.45) is 3.19. The van der Waals surface area contributed by atoms with Crippen molar-refractivity contribution in [3.8, 4) is 5.75 Å². The molecule has 6 nitrogen and oxygen atoms in total. The van der Waals surface area contributed by atoms with Crippen LogP contribution in [-0.2, 0) is 10.0 Å². The summed E-state index contributed by atoms with van der Waals surface area (Å²) in [4.78, 5) is 3.94. The van der Waals surface area contributed by atoms with Gasteiger partial charge in [-0.25, -0.2) is 8.42 Å². The Morgan fingerprint density at radius 1 is 1.28 bits per heavy atom. The fraction of sp³-hybridized carbons (Fsp3) is 0.312. The Morgan fingerprint density at radius 3 is 2.64 bits per heavy atom. The quantitative estimate of drug-likeness (QED) is 0.802. The molecule has 1 aliphatic rings. The Bertz CT molecular complexity index is 856. The van der Waals surface area contributed by atoms with E-state index in [1.165, 1.54) is 22.5 Å². The van der Waals surface area contributed by atoms with Crippen LogP contribution < -0.4 is 4.74 Å². The maximum absolute atomic E-state index is 12.7. The van der Waals surface area contributed by atoms with E-state index in [2.05, 4.69) is 4.98 Å². The zero-order valence-electron chi connectivity index (χ0n) is 13.1. The number of nitrogens with zero attached hydrogens (tertiary/aromatic N) is 2. The highest BCUT2D eigenvalue weighted by molar-refractivity contribution is 7.89. The molecule has 1 aliphatic heterocycles. The van der Waals surface area contributed by atoms with Crippen LogP contribution in [0.25, 0.3) is 0 Å². The Morgan fingerprint density at radius 2 is 2.04 bits per heavy atom. The van der Waals surface area contributed by atoms with E-state index in [1.807, 2.05) is 0 Å². The molecule has 0 amide bonds. The highest BCUT2D eigenvalue weighted by Gasteiger charge is 2.49. The van der Waals surface area contributed by atoms with Crippen molar-refractivity contribution in [2.24, 2.45) is 5.41 Å². The van der Waals surface area contributed by atoms with E-state index >= 15 is 0 Å². The molecule has 1 saturated heterocycles.